The summed E-state index contributed by atoms with van der Waals surface area (Å²) >= 11 is 7.74. The van der Waals surface area contributed by atoms with Crippen molar-refractivity contribution in [3.05, 3.63) is 28.8 Å². The Morgan fingerprint density at radius 1 is 1.53 bits per heavy atom. The summed E-state index contributed by atoms with van der Waals surface area (Å²) < 4.78 is 0. The summed E-state index contributed by atoms with van der Waals surface area (Å²) in [6.45, 7) is 4.39. The van der Waals surface area contributed by atoms with E-state index in [9.17, 15) is 0 Å². The predicted molar refractivity (Wildman–Crippen MR) is 82.9 cm³/mol. The van der Waals surface area contributed by atoms with Crippen LogP contribution in [0.5, 0.6) is 0 Å². The molecule has 19 heavy (non-hydrogen) atoms. The molecule has 0 bridgehead atoms. The number of benzene rings is 1. The van der Waals surface area contributed by atoms with E-state index in [1.165, 1.54) is 0 Å². The summed E-state index contributed by atoms with van der Waals surface area (Å²) in [7, 11) is 0. The number of amidine groups is 1. The lowest BCUT2D eigenvalue weighted by Crippen LogP contribution is -2.23. The second kappa shape index (κ2) is 6.31. The number of rotatable bonds is 2. The normalized spacial score (nSPS) is 18.9. The molecule has 2 rings (SSSR count). The van der Waals surface area contributed by atoms with Gasteiger partial charge in [-0.2, -0.15) is 5.26 Å². The number of nitriles is 1. The summed E-state index contributed by atoms with van der Waals surface area (Å²) in [5.41, 5.74) is 1.37. The highest BCUT2D eigenvalue weighted by atomic mass is 35.5. The highest BCUT2D eigenvalue weighted by Gasteiger charge is 2.18. The molecule has 3 nitrogen and oxygen atoms in total. The van der Waals surface area contributed by atoms with Crippen molar-refractivity contribution in [2.45, 2.75) is 26.3 Å². The Kier molecular flexibility index (Phi) is 4.73. The average molecular weight is 294 g/mol. The molecule has 0 saturated carbocycles. The smallest absolute Gasteiger partial charge is 0.161 e. The van der Waals surface area contributed by atoms with Crippen LogP contribution in [0.25, 0.3) is 0 Å². The third-order valence-corrected chi connectivity index (χ3v) is 4.28. The molecule has 1 aliphatic rings. The molecule has 1 N–H and O–H groups in total. The maximum Gasteiger partial charge on any atom is 0.161 e. The van der Waals surface area contributed by atoms with Crippen LogP contribution >= 0.6 is 23.4 Å². The van der Waals surface area contributed by atoms with Gasteiger partial charge in [0.2, 0.25) is 0 Å². The van der Waals surface area contributed by atoms with Crippen LogP contribution in [0, 0.1) is 17.2 Å². The van der Waals surface area contributed by atoms with E-state index in [0.29, 0.717) is 22.5 Å². The SMILES string of the molecule is CC(C)C1CCSC(Nc2ccc(C#N)c(Cl)c2)=N1. The monoisotopic (exact) mass is 293 g/mol. The third kappa shape index (κ3) is 3.65. The van der Waals surface area contributed by atoms with Gasteiger partial charge in [-0.3, -0.25) is 4.99 Å². The third-order valence-electron chi connectivity index (χ3n) is 3.05. The molecule has 100 valence electrons. The lowest BCUT2D eigenvalue weighted by Gasteiger charge is -2.23. The fourth-order valence-corrected chi connectivity index (χ4v) is 3.06. The number of hydrogen-bond donors (Lipinski definition) is 1. The lowest BCUT2D eigenvalue weighted by atomic mass is 10.0. The van der Waals surface area contributed by atoms with Crippen molar-refractivity contribution < 1.29 is 0 Å². The Morgan fingerprint density at radius 3 is 2.95 bits per heavy atom. The van der Waals surface area contributed by atoms with E-state index < -0.39 is 0 Å². The number of hydrogen-bond acceptors (Lipinski definition) is 4. The molecule has 0 radical (unpaired) electrons. The zero-order valence-electron chi connectivity index (χ0n) is 11.0. The van der Waals surface area contributed by atoms with Gasteiger partial charge >= 0.3 is 0 Å². The maximum atomic E-state index is 8.84. The van der Waals surface area contributed by atoms with Gasteiger partial charge in [-0.15, -0.1) is 0 Å². The van der Waals surface area contributed by atoms with E-state index in [0.717, 1.165) is 23.0 Å². The lowest BCUT2D eigenvalue weighted by molar-refractivity contribution is 0.485. The van der Waals surface area contributed by atoms with Gasteiger partial charge < -0.3 is 5.32 Å². The van der Waals surface area contributed by atoms with Gasteiger partial charge in [-0.1, -0.05) is 37.2 Å². The van der Waals surface area contributed by atoms with Crippen molar-refractivity contribution in [1.29, 1.82) is 5.26 Å². The van der Waals surface area contributed by atoms with Crippen LogP contribution in [0.4, 0.5) is 5.69 Å². The van der Waals surface area contributed by atoms with Gasteiger partial charge in [0.1, 0.15) is 6.07 Å². The first-order valence-electron chi connectivity index (χ1n) is 6.27. The highest BCUT2D eigenvalue weighted by molar-refractivity contribution is 8.14. The van der Waals surface area contributed by atoms with Crippen LogP contribution in [0.3, 0.4) is 0 Å². The van der Waals surface area contributed by atoms with E-state index in [1.807, 2.05) is 6.07 Å². The minimum Gasteiger partial charge on any atom is -0.335 e. The highest BCUT2D eigenvalue weighted by Crippen LogP contribution is 2.25. The molecule has 1 heterocycles. The topological polar surface area (TPSA) is 48.2 Å². The number of aliphatic imine (C=N–C) groups is 1. The molecule has 1 aromatic rings. The molecule has 0 saturated heterocycles. The van der Waals surface area contributed by atoms with Gasteiger partial charge in [0.25, 0.3) is 0 Å². The summed E-state index contributed by atoms with van der Waals surface area (Å²) in [5, 5.41) is 13.5. The van der Waals surface area contributed by atoms with Crippen LogP contribution in [-0.2, 0) is 0 Å². The predicted octanol–water partition coefficient (Wildman–Crippen LogP) is 4.14. The molecule has 5 heteroatoms. The number of nitrogens with one attached hydrogen (secondary N) is 1. The molecule has 0 aromatic heterocycles. The van der Waals surface area contributed by atoms with Gasteiger partial charge in [0.05, 0.1) is 16.6 Å². The fourth-order valence-electron chi connectivity index (χ4n) is 1.89. The van der Waals surface area contributed by atoms with Crippen molar-refractivity contribution in [1.82, 2.24) is 0 Å². The average Bonchev–Trinajstić information content (AvgIpc) is 2.39. The van der Waals surface area contributed by atoms with Gasteiger partial charge in [0.15, 0.2) is 5.17 Å². The maximum absolute atomic E-state index is 8.84. The first kappa shape index (κ1) is 14.2. The van der Waals surface area contributed by atoms with Crippen molar-refractivity contribution in [2.75, 3.05) is 11.1 Å². The number of anilines is 1. The zero-order valence-corrected chi connectivity index (χ0v) is 12.6. The number of nitrogens with zero attached hydrogens (tertiary/aromatic N) is 2. The molecule has 0 fully saturated rings. The van der Waals surface area contributed by atoms with E-state index in [-0.39, 0.29) is 0 Å². The quantitative estimate of drug-likeness (QED) is 0.891. The molecule has 1 atom stereocenters. The van der Waals surface area contributed by atoms with E-state index in [2.05, 4.69) is 25.2 Å². The Labute approximate surface area is 123 Å². The van der Waals surface area contributed by atoms with Crippen LogP contribution in [0.15, 0.2) is 23.2 Å². The van der Waals surface area contributed by atoms with Crippen LogP contribution in [-0.4, -0.2) is 17.0 Å². The Bertz CT molecular complexity index is 534. The van der Waals surface area contributed by atoms with Crippen molar-refractivity contribution in [2.24, 2.45) is 10.9 Å². The summed E-state index contributed by atoms with van der Waals surface area (Å²) in [6.07, 6.45) is 1.13. The van der Waals surface area contributed by atoms with Crippen molar-refractivity contribution >= 4 is 34.2 Å². The minimum atomic E-state index is 0.387. The molecule has 1 aromatic carbocycles. The van der Waals surface area contributed by atoms with Crippen LogP contribution in [0.2, 0.25) is 5.02 Å². The second-order valence-electron chi connectivity index (χ2n) is 4.81. The Morgan fingerprint density at radius 2 is 2.32 bits per heavy atom. The van der Waals surface area contributed by atoms with Crippen LogP contribution in [0.1, 0.15) is 25.8 Å². The first-order valence-corrected chi connectivity index (χ1v) is 7.64. The molecular weight excluding hydrogens is 278 g/mol. The molecule has 1 aliphatic heterocycles. The standard InChI is InChI=1S/C14H16ClN3S/c1-9(2)13-5-6-19-14(18-13)17-11-4-3-10(8-16)12(15)7-11/h3-4,7,9,13H,5-6H2,1-2H3,(H,17,18). The fraction of sp³-hybridized carbons (Fsp3) is 0.429. The van der Waals surface area contributed by atoms with Gasteiger partial charge in [-0.05, 0) is 30.5 Å². The van der Waals surface area contributed by atoms with Gasteiger partial charge in [0, 0.05) is 11.4 Å². The second-order valence-corrected chi connectivity index (χ2v) is 6.31. The summed E-state index contributed by atoms with van der Waals surface area (Å²) in [6, 6.07) is 7.78. The van der Waals surface area contributed by atoms with Crippen molar-refractivity contribution in [3.8, 4) is 6.07 Å². The Hall–Kier alpha value is -1.18. The van der Waals surface area contributed by atoms with E-state index in [4.69, 9.17) is 21.9 Å². The molecule has 1 unspecified atom stereocenters. The first-order chi connectivity index (χ1) is 9.10. The van der Waals surface area contributed by atoms with E-state index >= 15 is 0 Å². The zero-order chi connectivity index (χ0) is 13.8. The molecular formula is C14H16ClN3S. The minimum absolute atomic E-state index is 0.387. The van der Waals surface area contributed by atoms with Gasteiger partial charge in [-0.25, -0.2) is 0 Å². The molecule has 0 amide bonds. The summed E-state index contributed by atoms with van der Waals surface area (Å²) in [5.74, 6) is 1.64. The molecule has 0 aliphatic carbocycles. The number of halogens is 1. The summed E-state index contributed by atoms with van der Waals surface area (Å²) in [4.78, 5) is 4.71. The Balaban J connectivity index is 2.13. The number of thioether (sulfide) groups is 1. The van der Waals surface area contributed by atoms with Crippen molar-refractivity contribution in [3.63, 3.8) is 0 Å². The molecule has 0 spiro atoms. The largest absolute Gasteiger partial charge is 0.335 e. The van der Waals surface area contributed by atoms with E-state index in [1.54, 1.807) is 23.9 Å². The van der Waals surface area contributed by atoms with Crippen LogP contribution < -0.4 is 5.32 Å².